The Morgan fingerprint density at radius 2 is 1.12 bits per heavy atom. The molecule has 241 valence electrons. The van der Waals surface area contributed by atoms with Crippen molar-refractivity contribution in [3.63, 3.8) is 0 Å². The van der Waals surface area contributed by atoms with E-state index in [9.17, 15) is 13.8 Å². The van der Waals surface area contributed by atoms with Crippen LogP contribution in [0.3, 0.4) is 0 Å². The van der Waals surface area contributed by atoms with Crippen molar-refractivity contribution in [3.05, 3.63) is 187 Å². The second-order valence-electron chi connectivity index (χ2n) is 10.9. The molecule has 0 saturated heterocycles. The smallest absolute Gasteiger partial charge is 0.248 e. The van der Waals surface area contributed by atoms with Crippen molar-refractivity contribution in [1.29, 1.82) is 0 Å². The molecule has 0 unspecified atom stereocenters. The first-order valence-corrected chi connectivity index (χ1v) is 18.4. The molecule has 0 amide bonds. The summed E-state index contributed by atoms with van der Waals surface area (Å²) in [6, 6.07) is 53.2. The molecule has 0 aliphatic carbocycles. The molecule has 0 aliphatic heterocycles. The van der Waals surface area contributed by atoms with Gasteiger partial charge in [-0.05, 0) is 46.8 Å². The minimum atomic E-state index is -3.45. The van der Waals surface area contributed by atoms with Gasteiger partial charge in [-0.1, -0.05) is 134 Å². The zero-order valence-corrected chi connectivity index (χ0v) is 30.2. The van der Waals surface area contributed by atoms with Gasteiger partial charge in [0.1, 0.15) is 7.28 Å². The molecule has 7 aromatic rings. The standard InChI is InChI=1S/C24H21NO2P2.C16H11FN.Ir/c26-28(21-13-5-1-6-14-21,22-15-7-2-8-16-22)25-29(27,23-17-9-3-10-18-23)24-19-11-4-12-20-24;1-11-10-13(6-7-15(11)17)16-14-5-3-2-4-12(14)8-9-18-16;/h1-20,26H;2-5,7-10H,1H3;/q;-1;. The number of aromatic nitrogens is 1. The summed E-state index contributed by atoms with van der Waals surface area (Å²) in [5.74, 6) is -0.237. The number of halogens is 1. The van der Waals surface area contributed by atoms with Gasteiger partial charge in [0.05, 0.1) is 0 Å². The van der Waals surface area contributed by atoms with Crippen LogP contribution in [0.1, 0.15) is 5.56 Å². The second-order valence-corrected chi connectivity index (χ2v) is 16.0. The number of benzene rings is 6. The maximum absolute atomic E-state index is 14.5. The predicted molar refractivity (Wildman–Crippen MR) is 194 cm³/mol. The second kappa shape index (κ2) is 15.8. The minimum absolute atomic E-state index is 0. The summed E-state index contributed by atoms with van der Waals surface area (Å²) in [6.45, 7) is 1.75. The maximum Gasteiger partial charge on any atom is 0.248 e. The molecule has 7 rings (SSSR count). The van der Waals surface area contributed by atoms with Crippen LogP contribution in [0.4, 0.5) is 4.39 Å². The van der Waals surface area contributed by atoms with Gasteiger partial charge in [-0.2, -0.15) is 0 Å². The Bertz CT molecular complexity index is 2130. The third-order valence-electron chi connectivity index (χ3n) is 7.72. The van der Waals surface area contributed by atoms with Crippen molar-refractivity contribution in [2.45, 2.75) is 6.92 Å². The van der Waals surface area contributed by atoms with Crippen LogP contribution in [0, 0.1) is 18.8 Å². The van der Waals surface area contributed by atoms with E-state index in [4.69, 9.17) is 4.52 Å². The molecule has 6 aromatic carbocycles. The molecule has 1 radical (unpaired) electrons. The Morgan fingerprint density at radius 3 is 1.62 bits per heavy atom. The van der Waals surface area contributed by atoms with Crippen molar-refractivity contribution in [3.8, 4) is 11.3 Å². The number of nitrogens with zero attached hydrogens (tertiary/aromatic N) is 2. The van der Waals surface area contributed by atoms with Gasteiger partial charge < -0.3 is 9.88 Å². The third kappa shape index (κ3) is 7.55. The van der Waals surface area contributed by atoms with Crippen LogP contribution in [0.25, 0.3) is 22.0 Å². The summed E-state index contributed by atoms with van der Waals surface area (Å²) in [4.78, 5) is 16.4. The first-order valence-electron chi connectivity index (χ1n) is 15.1. The SMILES string of the molecule is Cc1cc(-c2nccc3ccccc23)[c-]cc1F.O=P(N=P(O)(c1ccccc1)c1ccccc1)(c1ccccc1)c1ccccc1.[Ir]. The molecule has 1 aromatic heterocycles. The van der Waals surface area contributed by atoms with Gasteiger partial charge in [-0.3, -0.25) is 8.96 Å². The summed E-state index contributed by atoms with van der Waals surface area (Å²) < 4.78 is 32.6. The number of aryl methyl sites for hydroxylation is 1. The number of rotatable bonds is 6. The zero-order chi connectivity index (χ0) is 32.7. The first kappa shape index (κ1) is 35.0. The molecular formula is C40H32FIrN2O2P2-. The van der Waals surface area contributed by atoms with Crippen molar-refractivity contribution < 1.29 is 34.0 Å². The van der Waals surface area contributed by atoms with Crippen LogP contribution in [0.2, 0.25) is 0 Å². The van der Waals surface area contributed by atoms with Crippen molar-refractivity contribution >= 4 is 46.6 Å². The fourth-order valence-electron chi connectivity index (χ4n) is 5.27. The molecule has 8 heteroatoms. The molecule has 1 N–H and O–H groups in total. The first-order chi connectivity index (χ1) is 22.9. The summed E-state index contributed by atoms with van der Waals surface area (Å²) in [5, 5.41) is 4.75. The predicted octanol–water partition coefficient (Wildman–Crippen LogP) is 8.82. The zero-order valence-electron chi connectivity index (χ0n) is 26.0. The van der Waals surface area contributed by atoms with Gasteiger partial charge in [-0.25, -0.2) is 4.52 Å². The van der Waals surface area contributed by atoms with E-state index in [-0.39, 0.29) is 25.9 Å². The average molecular weight is 846 g/mol. The topological polar surface area (TPSA) is 62.5 Å². The van der Waals surface area contributed by atoms with E-state index < -0.39 is 14.6 Å². The average Bonchev–Trinajstić information content (AvgIpc) is 3.14. The third-order valence-corrected chi connectivity index (χ3v) is 13.8. The number of hydrogen-bond donors (Lipinski definition) is 1. The van der Waals surface area contributed by atoms with E-state index in [0.29, 0.717) is 26.8 Å². The van der Waals surface area contributed by atoms with Gasteiger partial charge >= 0.3 is 0 Å². The molecular weight excluding hydrogens is 814 g/mol. The van der Waals surface area contributed by atoms with Crippen LogP contribution in [0.5, 0.6) is 0 Å². The summed E-state index contributed by atoms with van der Waals surface area (Å²) in [7, 11) is -6.72. The number of pyridine rings is 1. The molecule has 0 saturated carbocycles. The van der Waals surface area contributed by atoms with Crippen LogP contribution >= 0.6 is 14.6 Å². The van der Waals surface area contributed by atoms with Gasteiger partial charge in [0.25, 0.3) is 0 Å². The molecule has 0 fully saturated rings. The number of hydrogen-bond acceptors (Lipinski definition) is 2. The van der Waals surface area contributed by atoms with Crippen LogP contribution < -0.4 is 21.2 Å². The van der Waals surface area contributed by atoms with Crippen molar-refractivity contribution in [2.75, 3.05) is 0 Å². The quantitative estimate of drug-likeness (QED) is 0.135. The molecule has 1 heterocycles. The van der Waals surface area contributed by atoms with Crippen LogP contribution in [0.15, 0.2) is 175 Å². The largest absolute Gasteiger partial charge is 0.353 e. The van der Waals surface area contributed by atoms with Gasteiger partial charge in [0.2, 0.25) is 7.29 Å². The van der Waals surface area contributed by atoms with Crippen molar-refractivity contribution in [1.82, 2.24) is 4.98 Å². The maximum atomic E-state index is 14.5. The number of fused-ring (bicyclic) bond motifs is 1. The van der Waals surface area contributed by atoms with Crippen molar-refractivity contribution in [2.24, 2.45) is 4.52 Å². The monoisotopic (exact) mass is 846 g/mol. The molecule has 4 nitrogen and oxygen atoms in total. The van der Waals surface area contributed by atoms with Gasteiger partial charge in [0.15, 0.2) is 0 Å². The molecule has 0 spiro atoms. The van der Waals surface area contributed by atoms with E-state index in [0.717, 1.165) is 22.0 Å². The van der Waals surface area contributed by atoms with Gasteiger partial charge in [0, 0.05) is 53.3 Å². The fourth-order valence-corrected chi connectivity index (χ4v) is 11.3. The summed E-state index contributed by atoms with van der Waals surface area (Å²) in [6.07, 6.45) is 1.77. The van der Waals surface area contributed by atoms with Gasteiger partial charge in [-0.15, -0.1) is 23.8 Å². The van der Waals surface area contributed by atoms with Crippen LogP contribution in [-0.2, 0) is 24.7 Å². The van der Waals surface area contributed by atoms with E-state index in [1.165, 1.54) is 6.07 Å². The molecule has 48 heavy (non-hydrogen) atoms. The summed E-state index contributed by atoms with van der Waals surface area (Å²) in [5.41, 5.74) is 2.28. The normalized spacial score (nSPS) is 11.1. The Morgan fingerprint density at radius 1 is 0.667 bits per heavy atom. The Labute approximate surface area is 294 Å². The summed E-state index contributed by atoms with van der Waals surface area (Å²) >= 11 is 0. The van der Waals surface area contributed by atoms with Crippen LogP contribution in [-0.4, -0.2) is 9.88 Å². The van der Waals surface area contributed by atoms with E-state index in [1.54, 1.807) is 19.2 Å². The Balaban J connectivity index is 0.000000204. The minimum Gasteiger partial charge on any atom is -0.353 e. The van der Waals surface area contributed by atoms with E-state index in [2.05, 4.69) is 11.1 Å². The van der Waals surface area contributed by atoms with E-state index in [1.807, 2.05) is 152 Å². The Hall–Kier alpha value is -4.27. The van der Waals surface area contributed by atoms with E-state index >= 15 is 0 Å². The molecule has 0 bridgehead atoms. The molecule has 0 aliphatic rings. The Kier molecular flexibility index (Phi) is 11.5. The molecule has 0 atom stereocenters. The fraction of sp³-hybridized carbons (Fsp3) is 0.0250.